The van der Waals surface area contributed by atoms with Crippen molar-refractivity contribution in [3.63, 3.8) is 0 Å². The lowest BCUT2D eigenvalue weighted by Gasteiger charge is -2.48. The van der Waals surface area contributed by atoms with Crippen LogP contribution in [0.25, 0.3) is 10.9 Å². The third-order valence-electron chi connectivity index (χ3n) is 6.85. The highest BCUT2D eigenvalue weighted by Gasteiger charge is 2.33. The molecule has 1 N–H and O–H groups in total. The second-order valence-corrected chi connectivity index (χ2v) is 9.03. The molecule has 3 heterocycles. The van der Waals surface area contributed by atoms with E-state index in [1.807, 2.05) is 12.3 Å². The van der Waals surface area contributed by atoms with Gasteiger partial charge in [-0.2, -0.15) is 0 Å². The normalized spacial score (nSPS) is 23.2. The van der Waals surface area contributed by atoms with Gasteiger partial charge in [0.1, 0.15) is 0 Å². The van der Waals surface area contributed by atoms with Crippen molar-refractivity contribution in [3.05, 3.63) is 42.1 Å². The molecule has 2 aliphatic rings. The molecule has 0 spiro atoms. The summed E-state index contributed by atoms with van der Waals surface area (Å²) in [6.07, 6.45) is 5.25. The number of likely N-dealkylation sites (tertiary alicyclic amines) is 1. The number of aliphatic hydroxyl groups excluding tert-OH is 1. The van der Waals surface area contributed by atoms with Crippen molar-refractivity contribution in [1.82, 2.24) is 19.7 Å². The van der Waals surface area contributed by atoms with Gasteiger partial charge in [-0.05, 0) is 70.0 Å². The summed E-state index contributed by atoms with van der Waals surface area (Å²) in [5.74, 6) is 0. The minimum atomic E-state index is 0.279. The molecule has 1 unspecified atom stereocenters. The van der Waals surface area contributed by atoms with Crippen LogP contribution < -0.4 is 0 Å². The van der Waals surface area contributed by atoms with Gasteiger partial charge in [-0.15, -0.1) is 0 Å². The van der Waals surface area contributed by atoms with Crippen molar-refractivity contribution in [3.8, 4) is 0 Å². The van der Waals surface area contributed by atoms with Gasteiger partial charge in [0.2, 0.25) is 0 Å². The molecule has 5 heteroatoms. The number of aliphatic hydroxyl groups is 1. The number of piperazine rings is 1. The average molecular weight is 397 g/mol. The van der Waals surface area contributed by atoms with Crippen LogP contribution >= 0.6 is 0 Å². The smallest absolute Gasteiger partial charge is 0.0702 e. The molecule has 5 nitrogen and oxygen atoms in total. The molecule has 1 aromatic carbocycles. The first-order valence-corrected chi connectivity index (χ1v) is 11.3. The minimum Gasteiger partial charge on any atom is -0.396 e. The molecular weight excluding hydrogens is 360 g/mol. The summed E-state index contributed by atoms with van der Waals surface area (Å²) in [6.45, 7) is 11.6. The Morgan fingerprint density at radius 1 is 1.10 bits per heavy atom. The van der Waals surface area contributed by atoms with Gasteiger partial charge < -0.3 is 10.0 Å². The first kappa shape index (κ1) is 20.7. The molecule has 1 atom stereocenters. The van der Waals surface area contributed by atoms with Crippen LogP contribution in [-0.4, -0.2) is 82.2 Å². The number of pyridine rings is 1. The highest BCUT2D eigenvalue weighted by Crippen LogP contribution is 2.25. The second kappa shape index (κ2) is 9.52. The maximum absolute atomic E-state index is 9.68. The number of fused-ring (bicyclic) bond motifs is 1. The van der Waals surface area contributed by atoms with Crippen LogP contribution in [0.2, 0.25) is 0 Å². The number of aromatic nitrogens is 1. The standard InChI is InChI=1S/C24H36N4O/c1-19(2)27-11-7-22(8-12-27)28-14-13-26(18-23(28)9-15-29)17-20-5-6-24-21(16-20)4-3-10-25-24/h3-6,10,16,19,22-23,29H,7-9,11-15,17-18H2,1-2H3. The second-order valence-electron chi connectivity index (χ2n) is 9.03. The molecule has 2 fully saturated rings. The quantitative estimate of drug-likeness (QED) is 0.813. The van der Waals surface area contributed by atoms with Crippen molar-refractivity contribution in [2.75, 3.05) is 39.3 Å². The molecule has 158 valence electrons. The van der Waals surface area contributed by atoms with E-state index >= 15 is 0 Å². The largest absolute Gasteiger partial charge is 0.396 e. The van der Waals surface area contributed by atoms with E-state index in [1.54, 1.807) is 0 Å². The lowest BCUT2D eigenvalue weighted by Crippen LogP contribution is -2.58. The van der Waals surface area contributed by atoms with Gasteiger partial charge in [0.05, 0.1) is 5.52 Å². The maximum Gasteiger partial charge on any atom is 0.0702 e. The number of nitrogens with zero attached hydrogens (tertiary/aromatic N) is 4. The van der Waals surface area contributed by atoms with E-state index in [9.17, 15) is 5.11 Å². The maximum atomic E-state index is 9.68. The molecule has 0 saturated carbocycles. The number of hydrogen-bond donors (Lipinski definition) is 1. The lowest BCUT2D eigenvalue weighted by atomic mass is 9.97. The fourth-order valence-electron chi connectivity index (χ4n) is 5.18. The van der Waals surface area contributed by atoms with Crippen LogP contribution in [-0.2, 0) is 6.54 Å². The monoisotopic (exact) mass is 396 g/mol. The number of rotatable bonds is 6. The zero-order chi connectivity index (χ0) is 20.2. The number of hydrogen-bond acceptors (Lipinski definition) is 5. The molecule has 4 rings (SSSR count). The summed E-state index contributed by atoms with van der Waals surface area (Å²) in [7, 11) is 0. The SMILES string of the molecule is CC(C)N1CCC(N2CCN(Cc3ccc4ncccc4c3)CC2CCO)CC1. The van der Waals surface area contributed by atoms with Crippen LogP contribution in [0.1, 0.15) is 38.7 Å². The van der Waals surface area contributed by atoms with Gasteiger partial charge in [-0.25, -0.2) is 0 Å². The summed E-state index contributed by atoms with van der Waals surface area (Å²) >= 11 is 0. The summed E-state index contributed by atoms with van der Waals surface area (Å²) in [4.78, 5) is 12.3. The van der Waals surface area contributed by atoms with E-state index in [0.717, 1.165) is 38.1 Å². The van der Waals surface area contributed by atoms with Crippen LogP contribution in [0, 0.1) is 0 Å². The van der Waals surface area contributed by atoms with Gasteiger partial charge in [0.25, 0.3) is 0 Å². The van der Waals surface area contributed by atoms with E-state index in [4.69, 9.17) is 0 Å². The highest BCUT2D eigenvalue weighted by atomic mass is 16.3. The lowest BCUT2D eigenvalue weighted by molar-refractivity contribution is -0.0000196. The van der Waals surface area contributed by atoms with Gasteiger partial charge >= 0.3 is 0 Å². The van der Waals surface area contributed by atoms with E-state index in [2.05, 4.69) is 57.8 Å². The first-order valence-electron chi connectivity index (χ1n) is 11.3. The van der Waals surface area contributed by atoms with Crippen molar-refractivity contribution in [2.24, 2.45) is 0 Å². The number of benzene rings is 1. The Hall–Kier alpha value is -1.53. The zero-order valence-electron chi connectivity index (χ0n) is 18.0. The molecule has 0 bridgehead atoms. The van der Waals surface area contributed by atoms with Gasteiger partial charge in [-0.3, -0.25) is 14.8 Å². The van der Waals surface area contributed by atoms with Gasteiger partial charge in [-0.1, -0.05) is 12.1 Å². The Bertz CT molecular complexity index is 787. The van der Waals surface area contributed by atoms with E-state index in [-0.39, 0.29) is 6.61 Å². The molecule has 0 amide bonds. The summed E-state index contributed by atoms with van der Waals surface area (Å²) in [5, 5.41) is 10.9. The van der Waals surface area contributed by atoms with Crippen LogP contribution in [0.4, 0.5) is 0 Å². The van der Waals surface area contributed by atoms with Gasteiger partial charge in [0, 0.05) is 62.5 Å². The summed E-state index contributed by atoms with van der Waals surface area (Å²) in [5.41, 5.74) is 2.42. The predicted octanol–water partition coefficient (Wildman–Crippen LogP) is 2.98. The van der Waals surface area contributed by atoms with E-state index in [1.165, 1.54) is 36.9 Å². The molecule has 0 radical (unpaired) electrons. The molecule has 1 aromatic heterocycles. The number of piperidine rings is 1. The van der Waals surface area contributed by atoms with Crippen LogP contribution in [0.3, 0.4) is 0 Å². The Balaban J connectivity index is 1.38. The van der Waals surface area contributed by atoms with Crippen LogP contribution in [0.5, 0.6) is 0 Å². The highest BCUT2D eigenvalue weighted by molar-refractivity contribution is 5.78. The molecular formula is C24H36N4O. The fourth-order valence-corrected chi connectivity index (χ4v) is 5.18. The third-order valence-corrected chi connectivity index (χ3v) is 6.85. The van der Waals surface area contributed by atoms with E-state index < -0.39 is 0 Å². The van der Waals surface area contributed by atoms with E-state index in [0.29, 0.717) is 18.1 Å². The average Bonchev–Trinajstić information content (AvgIpc) is 2.74. The summed E-state index contributed by atoms with van der Waals surface area (Å²) < 4.78 is 0. The molecule has 0 aliphatic carbocycles. The minimum absolute atomic E-state index is 0.279. The van der Waals surface area contributed by atoms with Crippen molar-refractivity contribution < 1.29 is 5.11 Å². The Kier molecular flexibility index (Phi) is 6.81. The third kappa shape index (κ3) is 4.97. The first-order chi connectivity index (χ1) is 14.1. The Morgan fingerprint density at radius 2 is 1.93 bits per heavy atom. The zero-order valence-corrected chi connectivity index (χ0v) is 18.0. The van der Waals surface area contributed by atoms with Crippen molar-refractivity contribution >= 4 is 10.9 Å². The topological polar surface area (TPSA) is 42.8 Å². The summed E-state index contributed by atoms with van der Waals surface area (Å²) in [6, 6.07) is 12.6. The Morgan fingerprint density at radius 3 is 2.69 bits per heavy atom. The fraction of sp³-hybridized carbons (Fsp3) is 0.625. The Labute approximate surface area is 175 Å². The molecule has 2 aliphatic heterocycles. The molecule has 2 aromatic rings. The van der Waals surface area contributed by atoms with Crippen molar-refractivity contribution in [1.29, 1.82) is 0 Å². The molecule has 2 saturated heterocycles. The molecule has 29 heavy (non-hydrogen) atoms. The van der Waals surface area contributed by atoms with Crippen molar-refractivity contribution in [2.45, 2.75) is 57.8 Å². The van der Waals surface area contributed by atoms with Crippen LogP contribution in [0.15, 0.2) is 36.5 Å². The predicted molar refractivity (Wildman–Crippen MR) is 119 cm³/mol. The van der Waals surface area contributed by atoms with Gasteiger partial charge in [0.15, 0.2) is 0 Å².